The first kappa shape index (κ1) is 18.3. The van der Waals surface area contributed by atoms with Gasteiger partial charge in [0.2, 0.25) is 5.91 Å². The molecule has 1 fully saturated rings. The molecule has 23 heavy (non-hydrogen) atoms. The highest BCUT2D eigenvalue weighted by molar-refractivity contribution is 5.90. The first-order valence-electron chi connectivity index (χ1n) is 8.85. The lowest BCUT2D eigenvalue weighted by Gasteiger charge is -2.31. The normalized spacial score (nSPS) is 26.3. The summed E-state index contributed by atoms with van der Waals surface area (Å²) >= 11 is 0. The minimum absolute atomic E-state index is 0. The molecule has 0 radical (unpaired) electrons. The number of benzene rings is 1. The Morgan fingerprint density at radius 3 is 2.61 bits per heavy atom. The van der Waals surface area contributed by atoms with Crippen LogP contribution in [-0.4, -0.2) is 25.5 Å². The number of aryl methyl sites for hydroxylation is 2. The van der Waals surface area contributed by atoms with Gasteiger partial charge in [-0.25, -0.2) is 0 Å². The smallest absolute Gasteiger partial charge is 0.230 e. The maximum absolute atomic E-state index is 12.2. The van der Waals surface area contributed by atoms with Gasteiger partial charge in [-0.2, -0.15) is 0 Å². The lowest BCUT2D eigenvalue weighted by atomic mass is 9.92. The topological polar surface area (TPSA) is 33.5 Å². The molecule has 1 aromatic rings. The van der Waals surface area contributed by atoms with Crippen molar-refractivity contribution in [2.75, 3.05) is 25.0 Å². The van der Waals surface area contributed by atoms with Crippen LogP contribution in [0.15, 0.2) is 18.2 Å². The quantitative estimate of drug-likeness (QED) is 0.732. The van der Waals surface area contributed by atoms with Gasteiger partial charge in [-0.15, -0.1) is 0 Å². The highest BCUT2D eigenvalue weighted by Gasteiger charge is 2.25. The molecule has 1 saturated heterocycles. The molecule has 0 aromatic heterocycles. The van der Waals surface area contributed by atoms with E-state index in [9.17, 15) is 4.79 Å². The Morgan fingerprint density at radius 2 is 1.87 bits per heavy atom. The summed E-state index contributed by atoms with van der Waals surface area (Å²) in [6.07, 6.45) is 5.57. The molecule has 0 spiro atoms. The molecule has 2 N–H and O–H groups in total. The first-order chi connectivity index (χ1) is 10.6. The predicted octanol–water partition coefficient (Wildman–Crippen LogP) is -0.931. The Kier molecular flexibility index (Phi) is 6.49. The maximum atomic E-state index is 12.2. The van der Waals surface area contributed by atoms with Crippen molar-refractivity contribution < 1.29 is 22.1 Å². The molecule has 2 unspecified atom stereocenters. The van der Waals surface area contributed by atoms with E-state index < -0.39 is 0 Å². The summed E-state index contributed by atoms with van der Waals surface area (Å²) in [6, 6.07) is 6.40. The number of carbonyl (C=O) groups excluding carboxylic acids is 1. The Morgan fingerprint density at radius 1 is 1.17 bits per heavy atom. The van der Waals surface area contributed by atoms with Crippen LogP contribution in [0, 0.1) is 11.8 Å². The van der Waals surface area contributed by atoms with Crippen LogP contribution in [0.5, 0.6) is 0 Å². The van der Waals surface area contributed by atoms with Crippen LogP contribution < -0.4 is 22.6 Å². The van der Waals surface area contributed by atoms with Gasteiger partial charge in [0.1, 0.15) is 0 Å². The second-order valence-corrected chi connectivity index (χ2v) is 7.49. The second kappa shape index (κ2) is 8.16. The third-order valence-electron chi connectivity index (χ3n) is 5.17. The number of hydrogen-bond acceptors (Lipinski definition) is 1. The van der Waals surface area contributed by atoms with E-state index in [1.807, 2.05) is 0 Å². The zero-order valence-corrected chi connectivity index (χ0v) is 15.1. The van der Waals surface area contributed by atoms with Gasteiger partial charge >= 0.3 is 0 Å². The number of anilines is 1. The molecule has 1 aliphatic carbocycles. The zero-order chi connectivity index (χ0) is 15.5. The van der Waals surface area contributed by atoms with Crippen LogP contribution in [0.1, 0.15) is 44.2 Å². The van der Waals surface area contributed by atoms with E-state index in [0.29, 0.717) is 6.42 Å². The molecular weight excluding hydrogens is 308 g/mol. The largest absolute Gasteiger partial charge is 1.00 e. The second-order valence-electron chi connectivity index (χ2n) is 7.49. The summed E-state index contributed by atoms with van der Waals surface area (Å²) < 4.78 is 0. The fraction of sp³-hybridized carbons (Fsp3) is 0.632. The van der Waals surface area contributed by atoms with Crippen LogP contribution in [0.4, 0.5) is 5.69 Å². The van der Waals surface area contributed by atoms with Crippen molar-refractivity contribution in [1.82, 2.24) is 0 Å². The average molecular weight is 337 g/mol. The highest BCUT2D eigenvalue weighted by Crippen LogP contribution is 2.24. The number of hydrogen-bond donors (Lipinski definition) is 2. The number of likely N-dealkylation sites (tertiary alicyclic amines) is 1. The summed E-state index contributed by atoms with van der Waals surface area (Å²) in [7, 11) is 0. The van der Waals surface area contributed by atoms with E-state index in [0.717, 1.165) is 30.5 Å². The van der Waals surface area contributed by atoms with Crippen LogP contribution >= 0.6 is 0 Å². The number of halogens is 1. The van der Waals surface area contributed by atoms with Crippen molar-refractivity contribution in [3.63, 3.8) is 0 Å². The SMILES string of the molecule is CC1CC(C)C[NH+](CCC(=O)Nc2ccc3c(c2)CCC3)C1.[Cl-]. The van der Waals surface area contributed by atoms with E-state index in [4.69, 9.17) is 0 Å². The number of quaternary nitrogens is 1. The van der Waals surface area contributed by atoms with Gasteiger partial charge < -0.3 is 22.6 Å². The van der Waals surface area contributed by atoms with Crippen molar-refractivity contribution in [3.05, 3.63) is 29.3 Å². The van der Waals surface area contributed by atoms with Crippen molar-refractivity contribution in [2.45, 2.75) is 46.0 Å². The molecule has 3 nitrogen and oxygen atoms in total. The summed E-state index contributed by atoms with van der Waals surface area (Å²) in [5.41, 5.74) is 3.85. The summed E-state index contributed by atoms with van der Waals surface area (Å²) in [4.78, 5) is 13.8. The van der Waals surface area contributed by atoms with Crippen LogP contribution in [0.2, 0.25) is 0 Å². The molecule has 1 aromatic carbocycles. The summed E-state index contributed by atoms with van der Waals surface area (Å²) in [5.74, 6) is 1.74. The van der Waals surface area contributed by atoms with Crippen LogP contribution in [0.3, 0.4) is 0 Å². The van der Waals surface area contributed by atoms with Gasteiger partial charge in [0.25, 0.3) is 0 Å². The van der Waals surface area contributed by atoms with Gasteiger partial charge in [0.05, 0.1) is 26.1 Å². The van der Waals surface area contributed by atoms with Crippen LogP contribution in [0.25, 0.3) is 0 Å². The first-order valence-corrected chi connectivity index (χ1v) is 8.85. The van der Waals surface area contributed by atoms with Crippen molar-refractivity contribution in [1.29, 1.82) is 0 Å². The third-order valence-corrected chi connectivity index (χ3v) is 5.17. The number of fused-ring (bicyclic) bond motifs is 1. The maximum Gasteiger partial charge on any atom is 0.230 e. The summed E-state index contributed by atoms with van der Waals surface area (Å²) in [5, 5.41) is 3.08. The standard InChI is InChI=1S/C19H28N2O.ClH/c1-14-10-15(2)13-21(12-14)9-8-19(22)20-18-7-6-16-4-3-5-17(16)11-18;/h6-7,11,14-15H,3-5,8-10,12-13H2,1-2H3,(H,20,22);1H. The Labute approximate surface area is 146 Å². The average Bonchev–Trinajstić information content (AvgIpc) is 2.92. The number of piperidine rings is 1. The fourth-order valence-electron chi connectivity index (χ4n) is 4.29. The minimum atomic E-state index is 0. The molecule has 2 atom stereocenters. The van der Waals surface area contributed by atoms with Gasteiger partial charge in [-0.3, -0.25) is 4.79 Å². The van der Waals surface area contributed by atoms with Gasteiger partial charge in [-0.05, 0) is 48.9 Å². The predicted molar refractivity (Wildman–Crippen MR) is 90.2 cm³/mol. The molecule has 1 aliphatic heterocycles. The van der Waals surface area contributed by atoms with Crippen molar-refractivity contribution in [3.8, 4) is 0 Å². The monoisotopic (exact) mass is 336 g/mol. The molecule has 0 saturated carbocycles. The molecule has 128 valence electrons. The van der Waals surface area contributed by atoms with Gasteiger partial charge in [0.15, 0.2) is 0 Å². The molecule has 0 bridgehead atoms. The van der Waals surface area contributed by atoms with E-state index in [1.54, 1.807) is 4.90 Å². The molecule has 2 aliphatic rings. The van der Waals surface area contributed by atoms with E-state index in [1.165, 1.54) is 43.5 Å². The number of carbonyl (C=O) groups is 1. The van der Waals surface area contributed by atoms with Crippen molar-refractivity contribution >= 4 is 11.6 Å². The Hall–Kier alpha value is -1.06. The van der Waals surface area contributed by atoms with E-state index in [-0.39, 0.29) is 18.3 Å². The van der Waals surface area contributed by atoms with Gasteiger partial charge in [0, 0.05) is 17.5 Å². The zero-order valence-electron chi connectivity index (χ0n) is 14.3. The van der Waals surface area contributed by atoms with Gasteiger partial charge in [-0.1, -0.05) is 19.9 Å². The lowest BCUT2D eigenvalue weighted by Crippen LogP contribution is -3.14. The third kappa shape index (κ3) is 4.95. The highest BCUT2D eigenvalue weighted by atomic mass is 35.5. The molecule has 3 rings (SSSR count). The summed E-state index contributed by atoms with van der Waals surface area (Å²) in [6.45, 7) is 8.07. The number of rotatable bonds is 4. The molecule has 4 heteroatoms. The lowest BCUT2D eigenvalue weighted by molar-refractivity contribution is -0.911. The van der Waals surface area contributed by atoms with Crippen LogP contribution in [-0.2, 0) is 17.6 Å². The number of amides is 1. The minimum Gasteiger partial charge on any atom is -1.00 e. The number of nitrogens with one attached hydrogen (secondary N) is 2. The molecular formula is C19H29ClN2O. The van der Waals surface area contributed by atoms with Crippen molar-refractivity contribution in [2.24, 2.45) is 11.8 Å². The molecule has 1 heterocycles. The Bertz CT molecular complexity index is 536. The van der Waals surface area contributed by atoms with E-state index >= 15 is 0 Å². The molecule has 1 amide bonds. The van der Waals surface area contributed by atoms with E-state index in [2.05, 4.69) is 37.4 Å². The Balaban J connectivity index is 0.00000192. The fourth-order valence-corrected chi connectivity index (χ4v) is 4.29.